The second-order valence-electron chi connectivity index (χ2n) is 7.08. The summed E-state index contributed by atoms with van der Waals surface area (Å²) in [6.07, 6.45) is 2.30. The van der Waals surface area contributed by atoms with Crippen molar-refractivity contribution in [1.29, 1.82) is 0 Å². The maximum atomic E-state index is 5.65. The van der Waals surface area contributed by atoms with Crippen molar-refractivity contribution in [2.45, 2.75) is 18.9 Å². The van der Waals surface area contributed by atoms with Crippen LogP contribution in [-0.4, -0.2) is 51.4 Å². The number of nitrogens with zero attached hydrogens (tertiary/aromatic N) is 1. The van der Waals surface area contributed by atoms with Crippen molar-refractivity contribution in [2.24, 2.45) is 5.92 Å². The maximum Gasteiger partial charge on any atom is 0.126 e. The molecule has 2 heterocycles. The quantitative estimate of drug-likeness (QED) is 0.820. The predicted molar refractivity (Wildman–Crippen MR) is 116 cm³/mol. The molecule has 2 aromatic rings. The average Bonchev–Trinajstić information content (AvgIpc) is 2.70. The van der Waals surface area contributed by atoms with Gasteiger partial charge in [-0.05, 0) is 35.8 Å². The van der Waals surface area contributed by atoms with Crippen LogP contribution in [0, 0.1) is 5.92 Å². The molecular weight excluding hydrogens is 383 g/mol. The fourth-order valence-corrected chi connectivity index (χ4v) is 4.47. The summed E-state index contributed by atoms with van der Waals surface area (Å²) in [5.41, 5.74) is 1.45. The van der Waals surface area contributed by atoms with Crippen molar-refractivity contribution in [2.75, 3.05) is 46.5 Å². The van der Waals surface area contributed by atoms with E-state index in [1.165, 1.54) is 16.3 Å². The van der Waals surface area contributed by atoms with Gasteiger partial charge >= 0.3 is 0 Å². The highest BCUT2D eigenvalue weighted by Crippen LogP contribution is 2.40. The molecule has 0 amide bonds. The molecule has 0 radical (unpaired) electrons. The Bertz CT molecular complexity index is 698. The van der Waals surface area contributed by atoms with Gasteiger partial charge in [0.05, 0.1) is 7.11 Å². The highest BCUT2D eigenvalue weighted by Gasteiger charge is 2.32. The molecule has 1 atom stereocenters. The number of hydrogen-bond donors (Lipinski definition) is 1. The van der Waals surface area contributed by atoms with Crippen molar-refractivity contribution < 1.29 is 9.47 Å². The van der Waals surface area contributed by atoms with Gasteiger partial charge < -0.3 is 14.8 Å². The van der Waals surface area contributed by atoms with E-state index in [1.54, 1.807) is 7.11 Å². The van der Waals surface area contributed by atoms with E-state index in [-0.39, 0.29) is 24.8 Å². The average molecular weight is 413 g/mol. The zero-order valence-corrected chi connectivity index (χ0v) is 17.5. The molecule has 4 nitrogen and oxygen atoms in total. The molecule has 4 rings (SSSR count). The minimum atomic E-state index is 0. The van der Waals surface area contributed by atoms with Crippen molar-refractivity contribution in [3.63, 3.8) is 0 Å². The van der Waals surface area contributed by atoms with Gasteiger partial charge in [-0.2, -0.15) is 0 Å². The summed E-state index contributed by atoms with van der Waals surface area (Å²) in [5, 5.41) is 6.04. The molecule has 0 unspecified atom stereocenters. The summed E-state index contributed by atoms with van der Waals surface area (Å²) in [6.45, 7) is 6.16. The fraction of sp³-hybridized carbons (Fsp3) is 0.524. The largest absolute Gasteiger partial charge is 0.496 e. The van der Waals surface area contributed by atoms with Crippen molar-refractivity contribution in [1.82, 2.24) is 10.2 Å². The second kappa shape index (κ2) is 10.5. The lowest BCUT2D eigenvalue weighted by Gasteiger charge is -2.41. The van der Waals surface area contributed by atoms with E-state index in [0.717, 1.165) is 58.0 Å². The number of methoxy groups -OCH3 is 1. The first kappa shape index (κ1) is 22.3. The smallest absolute Gasteiger partial charge is 0.126 e. The van der Waals surface area contributed by atoms with E-state index in [9.17, 15) is 0 Å². The first-order valence-electron chi connectivity index (χ1n) is 9.46. The lowest BCUT2D eigenvalue weighted by atomic mass is 9.83. The van der Waals surface area contributed by atoms with Gasteiger partial charge in [-0.1, -0.05) is 30.3 Å². The van der Waals surface area contributed by atoms with Crippen LogP contribution < -0.4 is 10.1 Å². The monoisotopic (exact) mass is 412 g/mol. The van der Waals surface area contributed by atoms with Gasteiger partial charge in [0.2, 0.25) is 0 Å². The lowest BCUT2D eigenvalue weighted by Crippen LogP contribution is -2.47. The van der Waals surface area contributed by atoms with E-state index < -0.39 is 0 Å². The van der Waals surface area contributed by atoms with Gasteiger partial charge in [0, 0.05) is 50.8 Å². The van der Waals surface area contributed by atoms with Gasteiger partial charge in [-0.25, -0.2) is 0 Å². The summed E-state index contributed by atoms with van der Waals surface area (Å²) in [7, 11) is 1.76. The molecule has 2 aliphatic heterocycles. The summed E-state index contributed by atoms with van der Waals surface area (Å²) >= 11 is 0. The summed E-state index contributed by atoms with van der Waals surface area (Å²) in [6, 6.07) is 13.6. The molecule has 0 spiro atoms. The summed E-state index contributed by atoms with van der Waals surface area (Å²) < 4.78 is 11.3. The topological polar surface area (TPSA) is 33.7 Å². The number of ether oxygens (including phenoxy) is 2. The molecular formula is C21H30Cl2N2O2. The van der Waals surface area contributed by atoms with Crippen LogP contribution in [0.4, 0.5) is 0 Å². The standard InChI is InChI=1S/C21H28N2O2.2ClH/c1-24-20-7-6-19(17-4-2-3-5-18(17)20)21(16-8-14-25-15-9-16)23-12-10-22-11-13-23;;/h2-7,16,21-22H,8-15H2,1H3;2*1H/t21-;;/m1../s1. The first-order chi connectivity index (χ1) is 12.4. The van der Waals surface area contributed by atoms with Crippen LogP contribution in [0.2, 0.25) is 0 Å². The van der Waals surface area contributed by atoms with Crippen LogP contribution in [0.1, 0.15) is 24.4 Å². The van der Waals surface area contributed by atoms with Gasteiger partial charge in [0.1, 0.15) is 5.75 Å². The SMILES string of the molecule is COc1ccc([C@@H](C2CCOCC2)N2CCNCC2)c2ccccc12.Cl.Cl. The van der Waals surface area contributed by atoms with Crippen LogP contribution in [0.15, 0.2) is 36.4 Å². The molecule has 0 aromatic heterocycles. The Hall–Kier alpha value is -1.04. The molecule has 2 aliphatic rings. The Morgan fingerprint density at radius 3 is 2.33 bits per heavy atom. The van der Waals surface area contributed by atoms with Crippen molar-refractivity contribution in [3.05, 3.63) is 42.0 Å². The van der Waals surface area contributed by atoms with Crippen LogP contribution in [0.5, 0.6) is 5.75 Å². The van der Waals surface area contributed by atoms with E-state index in [0.29, 0.717) is 12.0 Å². The molecule has 2 saturated heterocycles. The molecule has 150 valence electrons. The normalized spacial score (nSPS) is 19.7. The molecule has 2 aromatic carbocycles. The number of benzene rings is 2. The number of halogens is 2. The van der Waals surface area contributed by atoms with Crippen LogP contribution in [0.25, 0.3) is 10.8 Å². The summed E-state index contributed by atoms with van der Waals surface area (Å²) in [4.78, 5) is 2.68. The van der Waals surface area contributed by atoms with Crippen molar-refractivity contribution in [3.8, 4) is 5.75 Å². The number of hydrogen-bond acceptors (Lipinski definition) is 4. The fourth-order valence-electron chi connectivity index (χ4n) is 4.47. The minimum absolute atomic E-state index is 0. The molecule has 2 fully saturated rings. The van der Waals surface area contributed by atoms with Gasteiger partial charge in [0.15, 0.2) is 0 Å². The molecule has 1 N–H and O–H groups in total. The Balaban J connectivity index is 0.00000131. The predicted octanol–water partition coefficient (Wildman–Crippen LogP) is 4.06. The van der Waals surface area contributed by atoms with Crippen LogP contribution in [-0.2, 0) is 4.74 Å². The number of rotatable bonds is 4. The molecule has 0 aliphatic carbocycles. The minimum Gasteiger partial charge on any atom is -0.496 e. The highest BCUT2D eigenvalue weighted by atomic mass is 35.5. The number of nitrogens with one attached hydrogen (secondary N) is 1. The van der Waals surface area contributed by atoms with Crippen molar-refractivity contribution >= 4 is 35.6 Å². The highest BCUT2D eigenvalue weighted by molar-refractivity contribution is 5.91. The van der Waals surface area contributed by atoms with E-state index in [2.05, 4.69) is 46.6 Å². The molecule has 0 bridgehead atoms. The Morgan fingerprint density at radius 1 is 1.00 bits per heavy atom. The molecule has 0 saturated carbocycles. The van der Waals surface area contributed by atoms with Gasteiger partial charge in [-0.15, -0.1) is 24.8 Å². The second-order valence-corrected chi connectivity index (χ2v) is 7.08. The van der Waals surface area contributed by atoms with E-state index in [1.807, 2.05) is 0 Å². The Morgan fingerprint density at radius 2 is 1.67 bits per heavy atom. The van der Waals surface area contributed by atoms with E-state index in [4.69, 9.17) is 9.47 Å². The van der Waals surface area contributed by atoms with Gasteiger partial charge in [0.25, 0.3) is 0 Å². The number of fused-ring (bicyclic) bond motifs is 1. The third-order valence-electron chi connectivity index (χ3n) is 5.71. The Kier molecular flexibility index (Phi) is 8.64. The third kappa shape index (κ3) is 4.69. The first-order valence-corrected chi connectivity index (χ1v) is 9.46. The van der Waals surface area contributed by atoms with Crippen LogP contribution >= 0.6 is 24.8 Å². The zero-order valence-electron chi connectivity index (χ0n) is 15.9. The van der Waals surface area contributed by atoms with Crippen LogP contribution in [0.3, 0.4) is 0 Å². The molecule has 27 heavy (non-hydrogen) atoms. The summed E-state index contributed by atoms with van der Waals surface area (Å²) in [5.74, 6) is 1.62. The maximum absolute atomic E-state index is 5.65. The lowest BCUT2D eigenvalue weighted by molar-refractivity contribution is 0.0217. The molecule has 6 heteroatoms. The van der Waals surface area contributed by atoms with Gasteiger partial charge in [-0.3, -0.25) is 4.90 Å². The third-order valence-corrected chi connectivity index (χ3v) is 5.71. The van der Waals surface area contributed by atoms with E-state index >= 15 is 0 Å². The number of piperazine rings is 1. The Labute approximate surface area is 174 Å². The zero-order chi connectivity index (χ0) is 17.1.